The fraction of sp³-hybridized carbons (Fsp3) is 0.500. The van der Waals surface area contributed by atoms with Crippen LogP contribution in [0.15, 0.2) is 12.1 Å². The molecule has 88 valence electrons. The molecule has 2 rings (SSSR count). The maximum Gasteiger partial charge on any atom is 0.200 e. The molecule has 4 heteroatoms. The first-order valence-corrected chi connectivity index (χ1v) is 5.35. The summed E-state index contributed by atoms with van der Waals surface area (Å²) in [6.07, 6.45) is 3.14. The molecule has 0 atom stereocenters. The summed E-state index contributed by atoms with van der Waals surface area (Å²) in [7, 11) is 1.32. The third-order valence-corrected chi connectivity index (χ3v) is 3.13. The zero-order valence-electron chi connectivity index (χ0n) is 9.22. The van der Waals surface area contributed by atoms with Crippen LogP contribution in [0.4, 0.5) is 8.78 Å². The van der Waals surface area contributed by atoms with Crippen molar-refractivity contribution in [2.24, 2.45) is 5.73 Å². The van der Waals surface area contributed by atoms with Crippen molar-refractivity contribution >= 4 is 0 Å². The molecule has 1 aromatic rings. The fourth-order valence-electron chi connectivity index (χ4n) is 1.72. The van der Waals surface area contributed by atoms with E-state index in [1.165, 1.54) is 13.2 Å². The maximum atomic E-state index is 13.5. The van der Waals surface area contributed by atoms with Gasteiger partial charge in [-0.2, -0.15) is 4.39 Å². The van der Waals surface area contributed by atoms with E-state index in [1.807, 2.05) is 0 Å². The van der Waals surface area contributed by atoms with E-state index in [0.717, 1.165) is 12.8 Å². The Bertz CT molecular complexity index is 402. The van der Waals surface area contributed by atoms with Crippen LogP contribution in [-0.2, 0) is 6.42 Å². The minimum absolute atomic E-state index is 0.0601. The number of nitrogens with two attached hydrogens (primary N) is 1. The molecule has 0 saturated heterocycles. The average Bonchev–Trinajstić information content (AvgIpc) is 2.99. The van der Waals surface area contributed by atoms with Crippen LogP contribution < -0.4 is 10.5 Å². The number of ether oxygens (including phenoxy) is 1. The summed E-state index contributed by atoms with van der Waals surface area (Å²) in [4.78, 5) is 0. The zero-order valence-corrected chi connectivity index (χ0v) is 9.22. The van der Waals surface area contributed by atoms with Crippen LogP contribution >= 0.6 is 0 Å². The number of hydrogen-bond donors (Lipinski definition) is 1. The summed E-state index contributed by atoms with van der Waals surface area (Å²) in [6.45, 7) is 0. The lowest BCUT2D eigenvalue weighted by atomic mass is 10.0. The second kappa shape index (κ2) is 4.01. The van der Waals surface area contributed by atoms with Gasteiger partial charge >= 0.3 is 0 Å². The highest BCUT2D eigenvalue weighted by Crippen LogP contribution is 2.37. The molecule has 0 amide bonds. The number of rotatable bonds is 4. The second-order valence-electron chi connectivity index (χ2n) is 4.42. The summed E-state index contributed by atoms with van der Waals surface area (Å²) < 4.78 is 31.6. The van der Waals surface area contributed by atoms with Gasteiger partial charge in [0.15, 0.2) is 11.6 Å². The van der Waals surface area contributed by atoms with Gasteiger partial charge in [0.1, 0.15) is 0 Å². The van der Waals surface area contributed by atoms with Gasteiger partial charge in [-0.25, -0.2) is 4.39 Å². The van der Waals surface area contributed by atoms with Gasteiger partial charge in [-0.3, -0.25) is 0 Å². The van der Waals surface area contributed by atoms with Crippen molar-refractivity contribution < 1.29 is 13.5 Å². The van der Waals surface area contributed by atoms with Gasteiger partial charge in [0.2, 0.25) is 5.82 Å². The predicted octanol–water partition coefficient (Wildman–Crippen LogP) is 2.40. The lowest BCUT2D eigenvalue weighted by molar-refractivity contribution is 0.369. The van der Waals surface area contributed by atoms with Crippen LogP contribution in [0.2, 0.25) is 0 Å². The minimum atomic E-state index is -0.915. The number of hydrogen-bond acceptors (Lipinski definition) is 2. The Morgan fingerprint density at radius 1 is 1.31 bits per heavy atom. The lowest BCUT2D eigenvalue weighted by Gasteiger charge is -2.10. The molecule has 1 aliphatic carbocycles. The molecular weight excluding hydrogens is 212 g/mol. The third kappa shape index (κ3) is 2.16. The Kier molecular flexibility index (Phi) is 2.84. The van der Waals surface area contributed by atoms with E-state index in [0.29, 0.717) is 18.4 Å². The Labute approximate surface area is 93.4 Å². The largest absolute Gasteiger partial charge is 0.494 e. The Morgan fingerprint density at radius 2 is 2.00 bits per heavy atom. The smallest absolute Gasteiger partial charge is 0.200 e. The molecule has 0 bridgehead atoms. The number of halogens is 2. The van der Waals surface area contributed by atoms with E-state index in [2.05, 4.69) is 0 Å². The first-order chi connectivity index (χ1) is 7.56. The summed E-state index contributed by atoms with van der Waals surface area (Å²) in [6, 6.07) is 3.01. The molecule has 1 aliphatic rings. The highest BCUT2D eigenvalue weighted by Gasteiger charge is 2.37. The van der Waals surface area contributed by atoms with E-state index >= 15 is 0 Å². The summed E-state index contributed by atoms with van der Waals surface area (Å²) in [5, 5.41) is 0. The quantitative estimate of drug-likeness (QED) is 0.857. The van der Waals surface area contributed by atoms with Gasteiger partial charge in [-0.05, 0) is 37.3 Å². The SMILES string of the molecule is COc1ccc(CCC2(N)CC2)c(F)c1F. The first kappa shape index (κ1) is 11.3. The molecule has 0 unspecified atom stereocenters. The lowest BCUT2D eigenvalue weighted by Crippen LogP contribution is -2.22. The Hall–Kier alpha value is -1.16. The van der Waals surface area contributed by atoms with E-state index < -0.39 is 11.6 Å². The highest BCUT2D eigenvalue weighted by atomic mass is 19.2. The van der Waals surface area contributed by atoms with Crippen LogP contribution in [0.25, 0.3) is 0 Å². The van der Waals surface area contributed by atoms with Gasteiger partial charge < -0.3 is 10.5 Å². The van der Waals surface area contributed by atoms with Crippen LogP contribution in [0.1, 0.15) is 24.8 Å². The van der Waals surface area contributed by atoms with Crippen molar-refractivity contribution in [2.45, 2.75) is 31.2 Å². The number of methoxy groups -OCH3 is 1. The van der Waals surface area contributed by atoms with Crippen molar-refractivity contribution in [3.63, 3.8) is 0 Å². The van der Waals surface area contributed by atoms with Gasteiger partial charge in [-0.1, -0.05) is 6.07 Å². The van der Waals surface area contributed by atoms with Crippen molar-refractivity contribution in [1.29, 1.82) is 0 Å². The van der Waals surface area contributed by atoms with Crippen molar-refractivity contribution in [3.05, 3.63) is 29.3 Å². The normalized spacial score (nSPS) is 17.2. The predicted molar refractivity (Wildman–Crippen MR) is 57.4 cm³/mol. The fourth-order valence-corrected chi connectivity index (χ4v) is 1.72. The monoisotopic (exact) mass is 227 g/mol. The second-order valence-corrected chi connectivity index (χ2v) is 4.42. The summed E-state index contributed by atoms with van der Waals surface area (Å²) in [5.74, 6) is -1.79. The minimum Gasteiger partial charge on any atom is -0.494 e. The molecule has 0 radical (unpaired) electrons. The van der Waals surface area contributed by atoms with Crippen LogP contribution in [-0.4, -0.2) is 12.6 Å². The molecule has 1 aromatic carbocycles. The van der Waals surface area contributed by atoms with Gasteiger partial charge in [-0.15, -0.1) is 0 Å². The van der Waals surface area contributed by atoms with Gasteiger partial charge in [0.25, 0.3) is 0 Å². The van der Waals surface area contributed by atoms with Gasteiger partial charge in [0.05, 0.1) is 7.11 Å². The molecule has 2 N–H and O–H groups in total. The molecule has 1 saturated carbocycles. The Balaban J connectivity index is 2.12. The van der Waals surface area contributed by atoms with Crippen molar-refractivity contribution in [2.75, 3.05) is 7.11 Å². The van der Waals surface area contributed by atoms with Crippen LogP contribution in [0, 0.1) is 11.6 Å². The van der Waals surface area contributed by atoms with Crippen LogP contribution in [0.5, 0.6) is 5.75 Å². The summed E-state index contributed by atoms with van der Waals surface area (Å²) in [5.41, 5.74) is 6.13. The molecule has 0 aromatic heterocycles. The molecule has 0 heterocycles. The highest BCUT2D eigenvalue weighted by molar-refractivity contribution is 5.31. The standard InChI is InChI=1S/C12H15F2NO/c1-16-9-3-2-8(10(13)11(9)14)4-5-12(15)6-7-12/h2-3H,4-7,15H2,1H3. The number of aryl methyl sites for hydroxylation is 1. The molecule has 16 heavy (non-hydrogen) atoms. The topological polar surface area (TPSA) is 35.2 Å². The van der Waals surface area contributed by atoms with Crippen LogP contribution in [0.3, 0.4) is 0 Å². The number of benzene rings is 1. The molecule has 1 fully saturated rings. The first-order valence-electron chi connectivity index (χ1n) is 5.35. The Morgan fingerprint density at radius 3 is 2.56 bits per heavy atom. The van der Waals surface area contributed by atoms with E-state index in [4.69, 9.17) is 10.5 Å². The third-order valence-electron chi connectivity index (χ3n) is 3.13. The van der Waals surface area contributed by atoms with E-state index in [-0.39, 0.29) is 11.3 Å². The molecule has 2 nitrogen and oxygen atoms in total. The molecule has 0 aliphatic heterocycles. The maximum absolute atomic E-state index is 13.5. The summed E-state index contributed by atoms with van der Waals surface area (Å²) >= 11 is 0. The van der Waals surface area contributed by atoms with Gasteiger partial charge in [0, 0.05) is 5.54 Å². The van der Waals surface area contributed by atoms with Crippen molar-refractivity contribution in [1.82, 2.24) is 0 Å². The average molecular weight is 227 g/mol. The zero-order chi connectivity index (χ0) is 11.8. The van der Waals surface area contributed by atoms with E-state index in [1.54, 1.807) is 6.07 Å². The molecule has 0 spiro atoms. The van der Waals surface area contributed by atoms with E-state index in [9.17, 15) is 8.78 Å². The van der Waals surface area contributed by atoms with Crippen molar-refractivity contribution in [3.8, 4) is 5.75 Å². The molecular formula is C12H15F2NO.